The van der Waals surface area contributed by atoms with Gasteiger partial charge in [0.2, 0.25) is 0 Å². The van der Waals surface area contributed by atoms with Crippen LogP contribution < -0.4 is 0 Å². The summed E-state index contributed by atoms with van der Waals surface area (Å²) in [5, 5.41) is 9.43. The van der Waals surface area contributed by atoms with Crippen molar-refractivity contribution >= 4 is 6.09 Å². The average molecular weight is 264 g/mol. The highest BCUT2D eigenvalue weighted by molar-refractivity contribution is 5.69. The predicted molar refractivity (Wildman–Crippen MR) is 72.4 cm³/mol. The van der Waals surface area contributed by atoms with E-state index in [9.17, 15) is 10.1 Å². The molecule has 0 N–H and O–H groups in total. The van der Waals surface area contributed by atoms with Crippen LogP contribution in [-0.4, -0.2) is 29.2 Å². The first kappa shape index (κ1) is 14.2. The van der Waals surface area contributed by atoms with Gasteiger partial charge in [0, 0.05) is 6.54 Å². The van der Waals surface area contributed by atoms with Crippen molar-refractivity contribution in [2.45, 2.75) is 64.5 Å². The Hall–Kier alpha value is -1.24. The van der Waals surface area contributed by atoms with E-state index in [1.165, 1.54) is 12.8 Å². The first-order chi connectivity index (χ1) is 8.92. The highest BCUT2D eigenvalue weighted by atomic mass is 16.6. The summed E-state index contributed by atoms with van der Waals surface area (Å²) in [6, 6.07) is 2.52. The summed E-state index contributed by atoms with van der Waals surface area (Å²) in [4.78, 5) is 13.8. The number of carbonyl (C=O) groups excluding carboxylic acids is 1. The molecule has 0 radical (unpaired) electrons. The van der Waals surface area contributed by atoms with Crippen LogP contribution in [0, 0.1) is 23.2 Å². The van der Waals surface area contributed by atoms with Crippen molar-refractivity contribution in [3.05, 3.63) is 0 Å². The van der Waals surface area contributed by atoms with Crippen LogP contribution in [0.5, 0.6) is 0 Å². The summed E-state index contributed by atoms with van der Waals surface area (Å²) in [6.07, 6.45) is 5.40. The highest BCUT2D eigenvalue weighted by Crippen LogP contribution is 2.38. The van der Waals surface area contributed by atoms with E-state index in [2.05, 4.69) is 6.07 Å². The van der Waals surface area contributed by atoms with Gasteiger partial charge < -0.3 is 9.64 Å². The van der Waals surface area contributed by atoms with Crippen LogP contribution in [0.2, 0.25) is 0 Å². The molecule has 2 fully saturated rings. The van der Waals surface area contributed by atoms with E-state index in [1.807, 2.05) is 20.8 Å². The Morgan fingerprint density at radius 1 is 1.32 bits per heavy atom. The minimum atomic E-state index is -0.466. The lowest BCUT2D eigenvalue weighted by Crippen LogP contribution is -2.56. The molecule has 0 bridgehead atoms. The molecule has 0 aromatic rings. The average Bonchev–Trinajstić information content (AvgIpc) is 2.73. The standard InChI is InChI=1S/C15H24N2O2/c1-15(2,3)19-14(18)17-9-8-13(17)12(10-16)11-6-4-5-7-11/h11-13H,4-9H2,1-3H3. The van der Waals surface area contributed by atoms with E-state index in [0.29, 0.717) is 5.92 Å². The second-order valence-electron chi connectivity index (χ2n) is 6.73. The van der Waals surface area contributed by atoms with E-state index in [-0.39, 0.29) is 18.1 Å². The quantitative estimate of drug-likeness (QED) is 0.768. The molecule has 1 heterocycles. The summed E-state index contributed by atoms with van der Waals surface area (Å²) in [6.45, 7) is 6.35. The van der Waals surface area contributed by atoms with Gasteiger partial charge in [-0.3, -0.25) is 0 Å². The Morgan fingerprint density at radius 3 is 2.37 bits per heavy atom. The molecule has 2 rings (SSSR count). The molecule has 1 aliphatic heterocycles. The zero-order chi connectivity index (χ0) is 14.0. The first-order valence-electron chi connectivity index (χ1n) is 7.31. The van der Waals surface area contributed by atoms with Gasteiger partial charge >= 0.3 is 6.09 Å². The molecule has 2 atom stereocenters. The molecule has 1 amide bonds. The molecule has 2 aliphatic rings. The molecule has 1 saturated carbocycles. The fraction of sp³-hybridized carbons (Fsp3) is 0.867. The van der Waals surface area contributed by atoms with Crippen LogP contribution in [0.25, 0.3) is 0 Å². The van der Waals surface area contributed by atoms with E-state index < -0.39 is 5.60 Å². The van der Waals surface area contributed by atoms with Gasteiger partial charge in [-0.15, -0.1) is 0 Å². The number of carbonyl (C=O) groups is 1. The van der Waals surface area contributed by atoms with E-state index in [4.69, 9.17) is 4.74 Å². The van der Waals surface area contributed by atoms with Gasteiger partial charge in [0.15, 0.2) is 0 Å². The zero-order valence-electron chi connectivity index (χ0n) is 12.2. The van der Waals surface area contributed by atoms with E-state index in [1.54, 1.807) is 4.90 Å². The molecular weight excluding hydrogens is 240 g/mol. The van der Waals surface area contributed by atoms with Crippen LogP contribution in [0.3, 0.4) is 0 Å². The van der Waals surface area contributed by atoms with Crippen molar-refractivity contribution in [1.29, 1.82) is 5.26 Å². The van der Waals surface area contributed by atoms with Gasteiger partial charge in [-0.1, -0.05) is 12.8 Å². The van der Waals surface area contributed by atoms with Crippen LogP contribution in [0.4, 0.5) is 4.79 Å². The number of rotatable bonds is 2. The van der Waals surface area contributed by atoms with Crippen molar-refractivity contribution < 1.29 is 9.53 Å². The van der Waals surface area contributed by atoms with E-state index >= 15 is 0 Å². The molecule has 106 valence electrons. The van der Waals surface area contributed by atoms with Crippen molar-refractivity contribution in [2.75, 3.05) is 6.54 Å². The third-order valence-corrected chi connectivity index (χ3v) is 4.17. The molecule has 0 spiro atoms. The summed E-state index contributed by atoms with van der Waals surface area (Å²) < 4.78 is 5.41. The SMILES string of the molecule is CC(C)(C)OC(=O)N1CCC1C(C#N)C1CCCC1. The second kappa shape index (κ2) is 5.40. The van der Waals surface area contributed by atoms with Gasteiger partial charge in [0.25, 0.3) is 0 Å². The smallest absolute Gasteiger partial charge is 0.410 e. The van der Waals surface area contributed by atoms with Crippen LogP contribution in [-0.2, 0) is 4.74 Å². The summed E-state index contributed by atoms with van der Waals surface area (Å²) >= 11 is 0. The monoisotopic (exact) mass is 264 g/mol. The lowest BCUT2D eigenvalue weighted by molar-refractivity contribution is -0.0177. The van der Waals surface area contributed by atoms with Crippen LogP contribution in [0.1, 0.15) is 52.9 Å². The largest absolute Gasteiger partial charge is 0.444 e. The maximum atomic E-state index is 12.1. The predicted octanol–water partition coefficient (Wildman–Crippen LogP) is 3.33. The second-order valence-corrected chi connectivity index (χ2v) is 6.73. The fourth-order valence-corrected chi connectivity index (χ4v) is 3.15. The number of ether oxygens (including phenoxy) is 1. The van der Waals surface area contributed by atoms with Gasteiger partial charge in [-0.05, 0) is 46.0 Å². The number of nitrogens with zero attached hydrogens (tertiary/aromatic N) is 2. The number of hydrogen-bond acceptors (Lipinski definition) is 3. The van der Waals surface area contributed by atoms with Gasteiger partial charge in [0.05, 0.1) is 18.0 Å². The van der Waals surface area contributed by atoms with Crippen LogP contribution in [0.15, 0.2) is 0 Å². The summed E-state index contributed by atoms with van der Waals surface area (Å²) in [7, 11) is 0. The Bertz CT molecular complexity index is 375. The Balaban J connectivity index is 1.97. The Labute approximate surface area is 115 Å². The molecule has 19 heavy (non-hydrogen) atoms. The lowest BCUT2D eigenvalue weighted by Gasteiger charge is -2.44. The maximum Gasteiger partial charge on any atom is 0.410 e. The fourth-order valence-electron chi connectivity index (χ4n) is 3.15. The number of nitriles is 1. The maximum absolute atomic E-state index is 12.1. The third kappa shape index (κ3) is 3.20. The minimum Gasteiger partial charge on any atom is -0.444 e. The molecule has 1 aliphatic carbocycles. The molecular formula is C15H24N2O2. The number of likely N-dealkylation sites (tertiary alicyclic amines) is 1. The van der Waals surface area contributed by atoms with Crippen molar-refractivity contribution in [2.24, 2.45) is 11.8 Å². The molecule has 0 aromatic heterocycles. The molecule has 2 unspecified atom stereocenters. The van der Waals surface area contributed by atoms with Crippen molar-refractivity contribution in [1.82, 2.24) is 4.90 Å². The summed E-state index contributed by atoms with van der Waals surface area (Å²) in [5.74, 6) is 0.462. The molecule has 4 nitrogen and oxygen atoms in total. The highest BCUT2D eigenvalue weighted by Gasteiger charge is 2.43. The summed E-state index contributed by atoms with van der Waals surface area (Å²) in [5.41, 5.74) is -0.466. The third-order valence-electron chi connectivity index (χ3n) is 4.17. The van der Waals surface area contributed by atoms with Crippen molar-refractivity contribution in [3.63, 3.8) is 0 Å². The normalized spacial score (nSPS) is 25.6. The first-order valence-corrected chi connectivity index (χ1v) is 7.31. The topological polar surface area (TPSA) is 53.3 Å². The number of amides is 1. The number of hydrogen-bond donors (Lipinski definition) is 0. The Morgan fingerprint density at radius 2 is 1.95 bits per heavy atom. The van der Waals surface area contributed by atoms with Gasteiger partial charge in [0.1, 0.15) is 5.60 Å². The lowest BCUT2D eigenvalue weighted by atomic mass is 9.80. The molecule has 4 heteroatoms. The zero-order valence-corrected chi connectivity index (χ0v) is 12.2. The van der Waals surface area contributed by atoms with Crippen LogP contribution >= 0.6 is 0 Å². The van der Waals surface area contributed by atoms with E-state index in [0.717, 1.165) is 25.8 Å². The van der Waals surface area contributed by atoms with Crippen molar-refractivity contribution in [3.8, 4) is 6.07 Å². The van der Waals surface area contributed by atoms with Gasteiger partial charge in [-0.25, -0.2) is 4.79 Å². The molecule has 0 aromatic carbocycles. The Kier molecular flexibility index (Phi) is 4.03. The van der Waals surface area contributed by atoms with Gasteiger partial charge in [-0.2, -0.15) is 5.26 Å². The molecule has 1 saturated heterocycles. The minimum absolute atomic E-state index is 0.0104.